The molecule has 0 atom stereocenters. The lowest BCUT2D eigenvalue weighted by molar-refractivity contribution is 0.0660. The predicted molar refractivity (Wildman–Crippen MR) is 93.5 cm³/mol. The molecule has 0 aromatic heterocycles. The fourth-order valence-electron chi connectivity index (χ4n) is 2.76. The first kappa shape index (κ1) is 18.1. The van der Waals surface area contributed by atoms with Crippen LogP contribution in [0.15, 0.2) is 18.2 Å². The molecule has 2 rings (SSSR count). The molecule has 1 aromatic carbocycles. The molecule has 1 fully saturated rings. The molecule has 24 heavy (non-hydrogen) atoms. The van der Waals surface area contributed by atoms with Gasteiger partial charge in [-0.1, -0.05) is 13.0 Å². The number of nitrogens with one attached hydrogen (secondary N) is 1. The maximum absolute atomic E-state index is 12.8. The van der Waals surface area contributed by atoms with E-state index in [1.807, 2.05) is 32.0 Å². The number of benzene rings is 1. The highest BCUT2D eigenvalue weighted by Crippen LogP contribution is 2.22. The van der Waals surface area contributed by atoms with E-state index in [2.05, 4.69) is 12.2 Å². The first-order chi connectivity index (χ1) is 11.5. The highest BCUT2D eigenvalue weighted by Gasteiger charge is 2.26. The van der Waals surface area contributed by atoms with Gasteiger partial charge in [-0.3, -0.25) is 4.79 Å². The molecule has 3 amide bonds. The van der Waals surface area contributed by atoms with Crippen LogP contribution >= 0.6 is 0 Å². The Hall–Kier alpha value is -2.24. The van der Waals surface area contributed by atoms with Crippen LogP contribution in [0.4, 0.5) is 4.79 Å². The monoisotopic (exact) mass is 333 g/mol. The summed E-state index contributed by atoms with van der Waals surface area (Å²) in [6, 6.07) is 5.77. The zero-order valence-corrected chi connectivity index (χ0v) is 15.0. The third-order valence-corrected chi connectivity index (χ3v) is 4.17. The molecule has 1 aromatic rings. The number of carbonyl (C=O) groups is 2. The second-order valence-corrected chi connectivity index (χ2v) is 6.27. The number of hydrogen-bond acceptors (Lipinski definition) is 3. The average Bonchev–Trinajstić information content (AvgIpc) is 2.60. The summed E-state index contributed by atoms with van der Waals surface area (Å²) in [5.74, 6) is 0.559. The van der Waals surface area contributed by atoms with Crippen LogP contribution in [-0.2, 0) is 6.42 Å². The van der Waals surface area contributed by atoms with E-state index in [1.54, 1.807) is 16.9 Å². The Kier molecular flexibility index (Phi) is 6.06. The quantitative estimate of drug-likeness (QED) is 0.918. The SMILES string of the molecule is CCc1ccc(OC)c(C(=O)N2CCN(C(=O)NC(C)C)CC2)c1. The summed E-state index contributed by atoms with van der Waals surface area (Å²) in [7, 11) is 1.58. The van der Waals surface area contributed by atoms with Crippen molar-refractivity contribution in [1.82, 2.24) is 15.1 Å². The Morgan fingerprint density at radius 2 is 1.79 bits per heavy atom. The molecule has 0 radical (unpaired) electrons. The van der Waals surface area contributed by atoms with Gasteiger partial charge in [0.2, 0.25) is 0 Å². The summed E-state index contributed by atoms with van der Waals surface area (Å²) in [5, 5.41) is 2.89. The molecule has 6 heteroatoms. The molecule has 1 N–H and O–H groups in total. The fourth-order valence-corrected chi connectivity index (χ4v) is 2.76. The average molecular weight is 333 g/mol. The topological polar surface area (TPSA) is 61.9 Å². The Morgan fingerprint density at radius 3 is 2.33 bits per heavy atom. The molecule has 1 aliphatic heterocycles. The van der Waals surface area contributed by atoms with Gasteiger partial charge in [0, 0.05) is 32.2 Å². The van der Waals surface area contributed by atoms with Crippen LogP contribution in [0.25, 0.3) is 0 Å². The maximum atomic E-state index is 12.8. The zero-order chi connectivity index (χ0) is 17.7. The van der Waals surface area contributed by atoms with Crippen molar-refractivity contribution in [3.05, 3.63) is 29.3 Å². The minimum Gasteiger partial charge on any atom is -0.496 e. The number of aryl methyl sites for hydroxylation is 1. The van der Waals surface area contributed by atoms with E-state index in [9.17, 15) is 9.59 Å². The lowest BCUT2D eigenvalue weighted by Gasteiger charge is -2.35. The summed E-state index contributed by atoms with van der Waals surface area (Å²) in [4.78, 5) is 28.4. The van der Waals surface area contributed by atoms with E-state index >= 15 is 0 Å². The van der Waals surface area contributed by atoms with Crippen LogP contribution in [0.2, 0.25) is 0 Å². The third kappa shape index (κ3) is 4.19. The Morgan fingerprint density at radius 1 is 1.17 bits per heavy atom. The number of urea groups is 1. The summed E-state index contributed by atoms with van der Waals surface area (Å²) >= 11 is 0. The highest BCUT2D eigenvalue weighted by atomic mass is 16.5. The number of rotatable bonds is 4. The van der Waals surface area contributed by atoms with Crippen LogP contribution in [-0.4, -0.2) is 61.1 Å². The highest BCUT2D eigenvalue weighted by molar-refractivity contribution is 5.97. The molecule has 1 aliphatic rings. The smallest absolute Gasteiger partial charge is 0.317 e. The van der Waals surface area contributed by atoms with Gasteiger partial charge in [-0.25, -0.2) is 4.79 Å². The molecule has 0 saturated carbocycles. The molecule has 6 nitrogen and oxygen atoms in total. The van der Waals surface area contributed by atoms with E-state index < -0.39 is 0 Å². The Balaban J connectivity index is 2.04. The number of ether oxygens (including phenoxy) is 1. The molecule has 0 bridgehead atoms. The molecule has 1 heterocycles. The van der Waals surface area contributed by atoms with Crippen molar-refractivity contribution in [2.24, 2.45) is 0 Å². The van der Waals surface area contributed by atoms with Gasteiger partial charge < -0.3 is 19.9 Å². The number of hydrogen-bond donors (Lipinski definition) is 1. The molecule has 132 valence electrons. The molecule has 1 saturated heterocycles. The number of nitrogens with zero attached hydrogens (tertiary/aromatic N) is 2. The van der Waals surface area contributed by atoms with Crippen LogP contribution in [0, 0.1) is 0 Å². The van der Waals surface area contributed by atoms with E-state index in [-0.39, 0.29) is 18.0 Å². The van der Waals surface area contributed by atoms with Crippen molar-refractivity contribution >= 4 is 11.9 Å². The lowest BCUT2D eigenvalue weighted by atomic mass is 10.1. The van der Waals surface area contributed by atoms with Gasteiger partial charge in [0.05, 0.1) is 12.7 Å². The molecular formula is C18H27N3O3. The predicted octanol–water partition coefficient (Wildman–Crippen LogP) is 2.13. The molecule has 0 aliphatic carbocycles. The first-order valence-corrected chi connectivity index (χ1v) is 8.47. The van der Waals surface area contributed by atoms with Gasteiger partial charge in [0.1, 0.15) is 5.75 Å². The molecular weight excluding hydrogens is 306 g/mol. The minimum absolute atomic E-state index is 0.0360. The summed E-state index contributed by atoms with van der Waals surface area (Å²) in [6.07, 6.45) is 0.868. The van der Waals surface area contributed by atoms with Crippen molar-refractivity contribution in [2.45, 2.75) is 33.2 Å². The van der Waals surface area contributed by atoms with Crippen molar-refractivity contribution < 1.29 is 14.3 Å². The Bertz CT molecular complexity index is 593. The fraction of sp³-hybridized carbons (Fsp3) is 0.556. The van der Waals surface area contributed by atoms with E-state index in [0.717, 1.165) is 12.0 Å². The van der Waals surface area contributed by atoms with Crippen LogP contribution < -0.4 is 10.1 Å². The van der Waals surface area contributed by atoms with Crippen molar-refractivity contribution in [2.75, 3.05) is 33.3 Å². The van der Waals surface area contributed by atoms with Crippen LogP contribution in [0.3, 0.4) is 0 Å². The Labute approximate surface area is 143 Å². The lowest BCUT2D eigenvalue weighted by Crippen LogP contribution is -2.54. The standard InChI is InChI=1S/C18H27N3O3/c1-5-14-6-7-16(24-4)15(12-14)17(22)20-8-10-21(11-9-20)18(23)19-13(2)3/h6-7,12-13H,5,8-11H2,1-4H3,(H,19,23). The van der Waals surface area contributed by atoms with Gasteiger partial charge in [-0.05, 0) is 38.0 Å². The molecule has 0 unspecified atom stereocenters. The van der Waals surface area contributed by atoms with Crippen molar-refractivity contribution in [3.63, 3.8) is 0 Å². The largest absolute Gasteiger partial charge is 0.496 e. The van der Waals surface area contributed by atoms with E-state index in [1.165, 1.54) is 0 Å². The third-order valence-electron chi connectivity index (χ3n) is 4.17. The zero-order valence-electron chi connectivity index (χ0n) is 15.0. The number of amides is 3. The van der Waals surface area contributed by atoms with Gasteiger partial charge in [0.25, 0.3) is 5.91 Å². The number of piperazine rings is 1. The van der Waals surface area contributed by atoms with E-state index in [0.29, 0.717) is 37.5 Å². The van der Waals surface area contributed by atoms with Gasteiger partial charge in [-0.15, -0.1) is 0 Å². The second-order valence-electron chi connectivity index (χ2n) is 6.27. The summed E-state index contributed by atoms with van der Waals surface area (Å²) < 4.78 is 5.34. The molecule has 0 spiro atoms. The van der Waals surface area contributed by atoms with E-state index in [4.69, 9.17) is 4.74 Å². The summed E-state index contributed by atoms with van der Waals surface area (Å²) in [6.45, 7) is 8.07. The van der Waals surface area contributed by atoms with Crippen LogP contribution in [0.5, 0.6) is 5.75 Å². The number of carbonyl (C=O) groups excluding carboxylic acids is 2. The number of methoxy groups -OCH3 is 1. The second kappa shape index (κ2) is 8.04. The first-order valence-electron chi connectivity index (χ1n) is 8.47. The van der Waals surface area contributed by atoms with Gasteiger partial charge >= 0.3 is 6.03 Å². The van der Waals surface area contributed by atoms with Gasteiger partial charge in [0.15, 0.2) is 0 Å². The normalized spacial score (nSPS) is 14.7. The van der Waals surface area contributed by atoms with Crippen molar-refractivity contribution in [3.8, 4) is 5.75 Å². The minimum atomic E-state index is -0.0670. The maximum Gasteiger partial charge on any atom is 0.317 e. The van der Waals surface area contributed by atoms with Crippen LogP contribution in [0.1, 0.15) is 36.7 Å². The van der Waals surface area contributed by atoms with Gasteiger partial charge in [-0.2, -0.15) is 0 Å². The van der Waals surface area contributed by atoms with Crippen molar-refractivity contribution in [1.29, 1.82) is 0 Å². The summed E-state index contributed by atoms with van der Waals surface area (Å²) in [5.41, 5.74) is 1.70.